The van der Waals surface area contributed by atoms with E-state index < -0.39 is 5.60 Å². The summed E-state index contributed by atoms with van der Waals surface area (Å²) in [4.78, 5) is 16.0. The van der Waals surface area contributed by atoms with Crippen molar-refractivity contribution in [3.63, 3.8) is 0 Å². The molecule has 0 saturated carbocycles. The largest absolute Gasteiger partial charge is 0.444 e. The lowest BCUT2D eigenvalue weighted by molar-refractivity contribution is -0.0891. The Kier molecular flexibility index (Phi) is 6.47. The summed E-state index contributed by atoms with van der Waals surface area (Å²) in [6.07, 6.45) is 2.55. The lowest BCUT2D eigenvalue weighted by Crippen LogP contribution is -2.49. The summed E-state index contributed by atoms with van der Waals surface area (Å²) in [7, 11) is 4.10. The SMILES string of the molecule is CCC1(OCCN(C)C)CCN(C(=O)OC(C)(C)C)CC1. The molecule has 0 unspecified atom stereocenters. The topological polar surface area (TPSA) is 42.0 Å². The Balaban J connectivity index is 2.46. The van der Waals surface area contributed by atoms with Crippen LogP contribution in [0.1, 0.15) is 47.0 Å². The Bertz CT molecular complexity index is 329. The van der Waals surface area contributed by atoms with Crippen LogP contribution in [0.2, 0.25) is 0 Å². The maximum Gasteiger partial charge on any atom is 0.410 e. The van der Waals surface area contributed by atoms with E-state index in [1.807, 2.05) is 34.9 Å². The molecule has 1 fully saturated rings. The van der Waals surface area contributed by atoms with E-state index in [0.29, 0.717) is 13.1 Å². The Morgan fingerprint density at radius 1 is 1.24 bits per heavy atom. The third-order valence-corrected chi connectivity index (χ3v) is 3.92. The standard InChI is InChI=1S/C16H32N2O3/c1-7-16(20-13-12-17(5)6)8-10-18(11-9-16)14(19)21-15(2,3)4/h7-13H2,1-6H3. The molecular weight excluding hydrogens is 268 g/mol. The Labute approximate surface area is 129 Å². The van der Waals surface area contributed by atoms with Gasteiger partial charge in [0.15, 0.2) is 0 Å². The quantitative estimate of drug-likeness (QED) is 0.783. The summed E-state index contributed by atoms with van der Waals surface area (Å²) < 4.78 is 11.6. The third-order valence-electron chi connectivity index (χ3n) is 3.92. The van der Waals surface area contributed by atoms with Gasteiger partial charge in [0.05, 0.1) is 12.2 Å². The van der Waals surface area contributed by atoms with Crippen molar-refractivity contribution in [1.82, 2.24) is 9.80 Å². The van der Waals surface area contributed by atoms with Crippen molar-refractivity contribution in [2.45, 2.75) is 58.2 Å². The molecule has 0 aromatic carbocycles. The van der Waals surface area contributed by atoms with Crippen molar-refractivity contribution < 1.29 is 14.3 Å². The first-order valence-electron chi connectivity index (χ1n) is 7.94. The van der Waals surface area contributed by atoms with Crippen molar-refractivity contribution in [3.8, 4) is 0 Å². The monoisotopic (exact) mass is 300 g/mol. The number of ether oxygens (including phenoxy) is 2. The summed E-state index contributed by atoms with van der Waals surface area (Å²) in [5.41, 5.74) is -0.507. The van der Waals surface area contributed by atoms with Gasteiger partial charge in [-0.1, -0.05) is 6.92 Å². The minimum atomic E-state index is -0.432. The van der Waals surface area contributed by atoms with Crippen LogP contribution in [-0.2, 0) is 9.47 Å². The molecule has 21 heavy (non-hydrogen) atoms. The number of piperidine rings is 1. The van der Waals surface area contributed by atoms with Crippen LogP contribution in [0.25, 0.3) is 0 Å². The van der Waals surface area contributed by atoms with E-state index in [2.05, 4.69) is 11.8 Å². The van der Waals surface area contributed by atoms with E-state index in [0.717, 1.165) is 32.4 Å². The molecule has 0 atom stereocenters. The molecule has 0 aromatic rings. The minimum absolute atomic E-state index is 0.0749. The fourth-order valence-electron chi connectivity index (χ4n) is 2.47. The lowest BCUT2D eigenvalue weighted by atomic mass is 9.88. The molecule has 0 N–H and O–H groups in total. The highest BCUT2D eigenvalue weighted by atomic mass is 16.6. The second kappa shape index (κ2) is 7.45. The highest BCUT2D eigenvalue weighted by Gasteiger charge is 2.36. The van der Waals surface area contributed by atoms with Gasteiger partial charge < -0.3 is 19.3 Å². The van der Waals surface area contributed by atoms with Crippen molar-refractivity contribution >= 4 is 6.09 Å². The number of rotatable bonds is 5. The van der Waals surface area contributed by atoms with Gasteiger partial charge >= 0.3 is 6.09 Å². The van der Waals surface area contributed by atoms with Crippen LogP contribution in [0.3, 0.4) is 0 Å². The molecule has 5 heteroatoms. The number of carbonyl (C=O) groups is 1. The molecule has 0 radical (unpaired) electrons. The van der Waals surface area contributed by atoms with Crippen molar-refractivity contribution in [3.05, 3.63) is 0 Å². The van der Waals surface area contributed by atoms with E-state index >= 15 is 0 Å². The molecule has 0 aliphatic carbocycles. The lowest BCUT2D eigenvalue weighted by Gasteiger charge is -2.41. The summed E-state index contributed by atoms with van der Waals surface area (Å²) in [5.74, 6) is 0. The van der Waals surface area contributed by atoms with E-state index in [1.165, 1.54) is 0 Å². The van der Waals surface area contributed by atoms with Gasteiger partial charge in [-0.2, -0.15) is 0 Å². The van der Waals surface area contributed by atoms with Crippen LogP contribution in [0.5, 0.6) is 0 Å². The molecule has 1 rings (SSSR count). The zero-order chi connectivity index (χ0) is 16.1. The van der Waals surface area contributed by atoms with Crippen LogP contribution in [0.4, 0.5) is 4.79 Å². The number of amides is 1. The molecule has 1 amide bonds. The fraction of sp³-hybridized carbons (Fsp3) is 0.938. The highest BCUT2D eigenvalue weighted by molar-refractivity contribution is 5.68. The van der Waals surface area contributed by atoms with Gasteiger partial charge in [0.1, 0.15) is 5.60 Å². The molecule has 1 saturated heterocycles. The number of hydrogen-bond donors (Lipinski definition) is 0. The van der Waals surface area contributed by atoms with Crippen LogP contribution >= 0.6 is 0 Å². The zero-order valence-electron chi connectivity index (χ0n) is 14.6. The maximum absolute atomic E-state index is 12.1. The Morgan fingerprint density at radius 3 is 2.24 bits per heavy atom. The van der Waals surface area contributed by atoms with Gasteiger partial charge in [0.25, 0.3) is 0 Å². The predicted molar refractivity (Wildman–Crippen MR) is 84.6 cm³/mol. The van der Waals surface area contributed by atoms with Gasteiger partial charge in [0.2, 0.25) is 0 Å². The van der Waals surface area contributed by atoms with Crippen LogP contribution in [0.15, 0.2) is 0 Å². The summed E-state index contributed by atoms with van der Waals surface area (Å²) in [6.45, 7) is 11.0. The molecular formula is C16H32N2O3. The Morgan fingerprint density at radius 2 is 1.81 bits per heavy atom. The average Bonchev–Trinajstić information content (AvgIpc) is 2.37. The normalized spacial score (nSPS) is 18.9. The second-order valence-electron chi connectivity index (χ2n) is 7.16. The van der Waals surface area contributed by atoms with Gasteiger partial charge in [-0.15, -0.1) is 0 Å². The average molecular weight is 300 g/mol. The van der Waals surface area contributed by atoms with Crippen LogP contribution < -0.4 is 0 Å². The second-order valence-corrected chi connectivity index (χ2v) is 7.16. The van der Waals surface area contributed by atoms with Gasteiger partial charge in [-0.3, -0.25) is 0 Å². The zero-order valence-corrected chi connectivity index (χ0v) is 14.6. The third kappa shape index (κ3) is 6.22. The molecule has 1 heterocycles. The van der Waals surface area contributed by atoms with Crippen LogP contribution in [0, 0.1) is 0 Å². The van der Waals surface area contributed by atoms with Gasteiger partial charge in [0, 0.05) is 19.6 Å². The predicted octanol–water partition coefficient (Wildman–Crippen LogP) is 2.74. The molecule has 0 spiro atoms. The number of likely N-dealkylation sites (N-methyl/N-ethyl adjacent to an activating group) is 1. The summed E-state index contributed by atoms with van der Waals surface area (Å²) in [6, 6.07) is 0. The van der Waals surface area contributed by atoms with Crippen LogP contribution in [-0.4, -0.2) is 67.4 Å². The number of nitrogens with zero attached hydrogens (tertiary/aromatic N) is 2. The molecule has 124 valence electrons. The van der Waals surface area contributed by atoms with Gasteiger partial charge in [-0.05, 0) is 54.1 Å². The smallest absolute Gasteiger partial charge is 0.410 e. The molecule has 5 nitrogen and oxygen atoms in total. The molecule has 0 bridgehead atoms. The molecule has 0 aromatic heterocycles. The van der Waals surface area contributed by atoms with Crippen molar-refractivity contribution in [1.29, 1.82) is 0 Å². The van der Waals surface area contributed by atoms with Crippen molar-refractivity contribution in [2.24, 2.45) is 0 Å². The van der Waals surface area contributed by atoms with E-state index in [4.69, 9.17) is 9.47 Å². The number of hydrogen-bond acceptors (Lipinski definition) is 4. The summed E-state index contributed by atoms with van der Waals surface area (Å²) in [5, 5.41) is 0. The molecule has 1 aliphatic rings. The molecule has 1 aliphatic heterocycles. The van der Waals surface area contributed by atoms with E-state index in [9.17, 15) is 4.79 Å². The first kappa shape index (κ1) is 18.2. The first-order valence-corrected chi connectivity index (χ1v) is 7.94. The van der Waals surface area contributed by atoms with E-state index in [-0.39, 0.29) is 11.7 Å². The minimum Gasteiger partial charge on any atom is -0.444 e. The highest BCUT2D eigenvalue weighted by Crippen LogP contribution is 2.30. The maximum atomic E-state index is 12.1. The first-order chi connectivity index (χ1) is 9.67. The van der Waals surface area contributed by atoms with E-state index in [1.54, 1.807) is 4.90 Å². The number of likely N-dealkylation sites (tertiary alicyclic amines) is 1. The van der Waals surface area contributed by atoms with Crippen molar-refractivity contribution in [2.75, 3.05) is 40.3 Å². The number of carbonyl (C=O) groups excluding carboxylic acids is 1. The van der Waals surface area contributed by atoms with Gasteiger partial charge in [-0.25, -0.2) is 4.79 Å². The summed E-state index contributed by atoms with van der Waals surface area (Å²) >= 11 is 0. The Hall–Kier alpha value is -0.810. The fourth-order valence-corrected chi connectivity index (χ4v) is 2.47.